The second kappa shape index (κ2) is 8.98. The van der Waals surface area contributed by atoms with Crippen molar-refractivity contribution in [3.63, 3.8) is 0 Å². The molecule has 0 spiro atoms. The monoisotopic (exact) mass is 323 g/mol. The van der Waals surface area contributed by atoms with Crippen molar-refractivity contribution in [2.45, 2.75) is 6.92 Å². The molecule has 0 fully saturated rings. The largest absolute Gasteiger partial charge is 0.473 e. The highest BCUT2D eigenvalue weighted by atomic mass is 32.1. The van der Waals surface area contributed by atoms with E-state index in [2.05, 4.69) is 26.4 Å². The zero-order valence-electron chi connectivity index (χ0n) is 12.0. The molecule has 0 unspecified atom stereocenters. The number of ether oxygens (including phenoxy) is 1. The zero-order valence-corrected chi connectivity index (χ0v) is 13.6. The van der Waals surface area contributed by atoms with E-state index in [4.69, 9.17) is 29.2 Å². The van der Waals surface area contributed by atoms with Gasteiger partial charge in [-0.25, -0.2) is 5.43 Å². The predicted octanol–water partition coefficient (Wildman–Crippen LogP) is 1.38. The molecule has 8 heteroatoms. The Kier molecular flexibility index (Phi) is 7.27. The van der Waals surface area contributed by atoms with Crippen molar-refractivity contribution in [1.29, 1.82) is 0 Å². The van der Waals surface area contributed by atoms with Crippen LogP contribution in [0.1, 0.15) is 12.5 Å². The van der Waals surface area contributed by atoms with Gasteiger partial charge in [0.05, 0.1) is 12.8 Å². The molecule has 6 nitrogen and oxygen atoms in total. The summed E-state index contributed by atoms with van der Waals surface area (Å²) >= 11 is 9.88. The van der Waals surface area contributed by atoms with Crippen LogP contribution >= 0.6 is 24.4 Å². The van der Waals surface area contributed by atoms with Crippen LogP contribution in [0.5, 0.6) is 0 Å². The van der Waals surface area contributed by atoms with Crippen molar-refractivity contribution < 1.29 is 4.74 Å². The Labute approximate surface area is 134 Å². The molecule has 0 aliphatic rings. The quantitative estimate of drug-likeness (QED) is 0.442. The highest BCUT2D eigenvalue weighted by Crippen LogP contribution is 2.03. The molecule has 1 rings (SSSR count). The lowest BCUT2D eigenvalue weighted by Gasteiger charge is -2.09. The van der Waals surface area contributed by atoms with E-state index in [1.54, 1.807) is 7.05 Å². The molecule has 0 atom stereocenters. The Balaban J connectivity index is 3.02. The normalized spacial score (nSPS) is 11.6. The third-order valence-corrected chi connectivity index (χ3v) is 2.94. The third kappa shape index (κ3) is 5.84. The van der Waals surface area contributed by atoms with Gasteiger partial charge in [0.15, 0.2) is 5.11 Å². The van der Waals surface area contributed by atoms with E-state index in [9.17, 15) is 0 Å². The maximum absolute atomic E-state index is 4.98. The Hall–Kier alpha value is -2.06. The zero-order chi connectivity index (χ0) is 15.7. The maximum atomic E-state index is 4.98. The molecule has 3 N–H and O–H groups in total. The van der Waals surface area contributed by atoms with Crippen LogP contribution in [0.3, 0.4) is 0 Å². The highest BCUT2D eigenvalue weighted by molar-refractivity contribution is 7.80. The molecule has 0 aliphatic carbocycles. The first kappa shape index (κ1) is 17.0. The highest BCUT2D eigenvalue weighted by Gasteiger charge is 2.08. The Morgan fingerprint density at radius 2 is 1.76 bits per heavy atom. The molecule has 1 aromatic rings. The summed E-state index contributed by atoms with van der Waals surface area (Å²) in [5.74, 6) is 0. The fourth-order valence-corrected chi connectivity index (χ4v) is 1.43. The van der Waals surface area contributed by atoms with Crippen LogP contribution in [0.2, 0.25) is 0 Å². The smallest absolute Gasteiger partial charge is 0.277 e. The van der Waals surface area contributed by atoms with Gasteiger partial charge in [0.25, 0.3) is 5.17 Å². The van der Waals surface area contributed by atoms with Crippen molar-refractivity contribution in [2.24, 2.45) is 10.2 Å². The molecule has 112 valence electrons. The number of hydrogen-bond acceptors (Lipinski definition) is 5. The number of nitrogens with one attached hydrogen (secondary N) is 3. The molecule has 0 saturated carbocycles. The summed E-state index contributed by atoms with van der Waals surface area (Å²) in [6.45, 7) is 1.81. The summed E-state index contributed by atoms with van der Waals surface area (Å²) < 4.78 is 4.86. The van der Waals surface area contributed by atoms with Gasteiger partial charge in [-0.1, -0.05) is 30.3 Å². The first-order chi connectivity index (χ1) is 10.1. The van der Waals surface area contributed by atoms with Crippen molar-refractivity contribution in [3.8, 4) is 0 Å². The number of methoxy groups -OCH3 is 1. The fraction of sp³-hybridized carbons (Fsp3) is 0.231. The predicted molar refractivity (Wildman–Crippen MR) is 93.6 cm³/mol. The lowest BCUT2D eigenvalue weighted by atomic mass is 10.1. The minimum Gasteiger partial charge on any atom is -0.473 e. The molecule has 1 aromatic carbocycles. The number of hydrazone groups is 2. The summed E-state index contributed by atoms with van der Waals surface area (Å²) in [5.41, 5.74) is 7.53. The van der Waals surface area contributed by atoms with Gasteiger partial charge in [-0.05, 0) is 31.4 Å². The van der Waals surface area contributed by atoms with Crippen LogP contribution in [-0.2, 0) is 4.74 Å². The third-order valence-electron chi connectivity index (χ3n) is 2.39. The summed E-state index contributed by atoms with van der Waals surface area (Å²) in [6, 6.07) is 9.60. The molecule has 21 heavy (non-hydrogen) atoms. The SMILES string of the molecule is CNC(=S)N/N=C(C)/C(=N/NC(=S)OC)c1ccccc1. The van der Waals surface area contributed by atoms with E-state index in [1.807, 2.05) is 37.3 Å². The fourth-order valence-electron chi connectivity index (χ4n) is 1.34. The Morgan fingerprint density at radius 3 is 2.33 bits per heavy atom. The summed E-state index contributed by atoms with van der Waals surface area (Å²) in [5, 5.41) is 11.8. The number of rotatable bonds is 4. The summed E-state index contributed by atoms with van der Waals surface area (Å²) in [4.78, 5) is 0. The van der Waals surface area contributed by atoms with Crippen LogP contribution in [0.15, 0.2) is 40.5 Å². The molecular weight excluding hydrogens is 306 g/mol. The molecule has 0 aromatic heterocycles. The second-order valence-electron chi connectivity index (χ2n) is 3.82. The van der Waals surface area contributed by atoms with E-state index < -0.39 is 0 Å². The molecule has 0 aliphatic heterocycles. The van der Waals surface area contributed by atoms with E-state index >= 15 is 0 Å². The van der Waals surface area contributed by atoms with Gasteiger partial charge in [0, 0.05) is 12.6 Å². The van der Waals surface area contributed by atoms with Gasteiger partial charge < -0.3 is 10.1 Å². The van der Waals surface area contributed by atoms with E-state index in [0.717, 1.165) is 5.56 Å². The lowest BCUT2D eigenvalue weighted by molar-refractivity contribution is 0.394. The molecule has 0 radical (unpaired) electrons. The average molecular weight is 323 g/mol. The van der Waals surface area contributed by atoms with Crippen LogP contribution in [0.4, 0.5) is 0 Å². The molecule has 0 saturated heterocycles. The van der Waals surface area contributed by atoms with Crippen molar-refractivity contribution in [3.05, 3.63) is 35.9 Å². The molecule has 0 heterocycles. The summed E-state index contributed by atoms with van der Waals surface area (Å²) in [6.07, 6.45) is 0. The van der Waals surface area contributed by atoms with Gasteiger partial charge in [0.1, 0.15) is 5.71 Å². The van der Waals surface area contributed by atoms with E-state index in [-0.39, 0.29) is 5.17 Å². The Morgan fingerprint density at radius 1 is 1.10 bits per heavy atom. The first-order valence-electron chi connectivity index (χ1n) is 6.08. The number of hydrogen-bond donors (Lipinski definition) is 3. The van der Waals surface area contributed by atoms with Crippen molar-refractivity contribution in [2.75, 3.05) is 14.2 Å². The number of benzene rings is 1. The maximum Gasteiger partial charge on any atom is 0.277 e. The minimum absolute atomic E-state index is 0.176. The van der Waals surface area contributed by atoms with Gasteiger partial charge in [-0.15, -0.1) is 0 Å². The van der Waals surface area contributed by atoms with Crippen molar-refractivity contribution >= 4 is 46.1 Å². The van der Waals surface area contributed by atoms with Gasteiger partial charge in [-0.2, -0.15) is 10.2 Å². The molecular formula is C13H17N5OS2. The lowest BCUT2D eigenvalue weighted by Crippen LogP contribution is -2.31. The molecule has 0 bridgehead atoms. The molecule has 0 amide bonds. The van der Waals surface area contributed by atoms with Gasteiger partial charge >= 0.3 is 0 Å². The van der Waals surface area contributed by atoms with E-state index in [1.165, 1.54) is 7.11 Å². The van der Waals surface area contributed by atoms with Crippen LogP contribution in [0, 0.1) is 0 Å². The average Bonchev–Trinajstić information content (AvgIpc) is 2.53. The first-order valence-corrected chi connectivity index (χ1v) is 6.89. The summed E-state index contributed by atoms with van der Waals surface area (Å²) in [7, 11) is 3.19. The minimum atomic E-state index is 0.176. The Bertz CT molecular complexity index is 557. The number of nitrogens with zero attached hydrogens (tertiary/aromatic N) is 2. The van der Waals surface area contributed by atoms with Gasteiger partial charge in [-0.3, -0.25) is 5.43 Å². The van der Waals surface area contributed by atoms with Gasteiger partial charge in [0.2, 0.25) is 0 Å². The topological polar surface area (TPSA) is 70.0 Å². The van der Waals surface area contributed by atoms with Crippen LogP contribution in [-0.4, -0.2) is 35.9 Å². The van der Waals surface area contributed by atoms with E-state index in [0.29, 0.717) is 16.5 Å². The standard InChI is InChI=1S/C13H17N5OS2/c1-9(15-17-12(20)14-2)11(16-18-13(21)19-3)10-7-5-4-6-8-10/h4-8H,1-3H3,(H,18,21)(H2,14,17,20)/b15-9+,16-11-. The van der Waals surface area contributed by atoms with Crippen molar-refractivity contribution in [1.82, 2.24) is 16.2 Å². The van der Waals surface area contributed by atoms with Crippen LogP contribution in [0.25, 0.3) is 0 Å². The van der Waals surface area contributed by atoms with Crippen LogP contribution < -0.4 is 16.2 Å². The number of thiocarbonyl (C=S) groups is 2. The second-order valence-corrected chi connectivity index (χ2v) is 4.60.